The van der Waals surface area contributed by atoms with Gasteiger partial charge in [0.1, 0.15) is 0 Å². The lowest BCUT2D eigenvalue weighted by Gasteiger charge is -2.32. The van der Waals surface area contributed by atoms with Crippen molar-refractivity contribution < 1.29 is 9.31 Å². The molecular weight excluding hydrogens is 355 g/mol. The molecule has 1 aliphatic heterocycles. The summed E-state index contributed by atoms with van der Waals surface area (Å²) in [6.45, 7) is 8.44. The molecular formula is C26H25BO2. The van der Waals surface area contributed by atoms with Gasteiger partial charge in [-0.15, -0.1) is 0 Å². The minimum atomic E-state index is -0.426. The molecule has 0 unspecified atom stereocenters. The Labute approximate surface area is 172 Å². The Bertz CT molecular complexity index is 1200. The molecule has 0 radical (unpaired) electrons. The maximum atomic E-state index is 6.55. The van der Waals surface area contributed by atoms with Crippen LogP contribution in [-0.4, -0.2) is 18.3 Å². The van der Waals surface area contributed by atoms with Crippen molar-refractivity contribution in [1.82, 2.24) is 0 Å². The highest BCUT2D eigenvalue weighted by molar-refractivity contribution is 6.68. The highest BCUT2D eigenvalue weighted by Crippen LogP contribution is 2.40. The lowest BCUT2D eigenvalue weighted by molar-refractivity contribution is 0.00578. The molecule has 4 aromatic carbocycles. The fourth-order valence-corrected chi connectivity index (χ4v) is 4.29. The third-order valence-corrected chi connectivity index (χ3v) is 6.52. The summed E-state index contributed by atoms with van der Waals surface area (Å²) in [5, 5.41) is 4.89. The van der Waals surface area contributed by atoms with Gasteiger partial charge in [-0.3, -0.25) is 0 Å². The van der Waals surface area contributed by atoms with Crippen molar-refractivity contribution in [2.24, 2.45) is 0 Å². The van der Waals surface area contributed by atoms with E-state index in [1.165, 1.54) is 32.7 Å². The van der Waals surface area contributed by atoms with Crippen LogP contribution in [0.25, 0.3) is 32.7 Å². The van der Waals surface area contributed by atoms with Gasteiger partial charge in [-0.05, 0) is 65.8 Å². The van der Waals surface area contributed by atoms with Gasteiger partial charge in [0.25, 0.3) is 0 Å². The highest BCUT2D eigenvalue weighted by Gasteiger charge is 2.52. The van der Waals surface area contributed by atoms with E-state index < -0.39 is 18.3 Å². The molecule has 1 fully saturated rings. The van der Waals surface area contributed by atoms with Gasteiger partial charge in [0.15, 0.2) is 0 Å². The van der Waals surface area contributed by atoms with E-state index in [-0.39, 0.29) is 0 Å². The van der Waals surface area contributed by atoms with Gasteiger partial charge in [0.05, 0.1) is 11.2 Å². The second kappa shape index (κ2) is 6.45. The first-order valence-corrected chi connectivity index (χ1v) is 10.2. The molecule has 0 bridgehead atoms. The fourth-order valence-electron chi connectivity index (χ4n) is 4.29. The summed E-state index contributed by atoms with van der Waals surface area (Å²) in [4.78, 5) is 0. The Kier molecular flexibility index (Phi) is 4.09. The van der Waals surface area contributed by atoms with E-state index in [4.69, 9.17) is 9.31 Å². The number of fused-ring (bicyclic) bond motifs is 3. The lowest BCUT2D eigenvalue weighted by Crippen LogP contribution is -2.41. The third kappa shape index (κ3) is 2.80. The van der Waals surface area contributed by atoms with Crippen LogP contribution in [-0.2, 0) is 9.31 Å². The molecule has 5 rings (SSSR count). The summed E-state index contributed by atoms with van der Waals surface area (Å²) in [5.74, 6) is 0. The predicted molar refractivity (Wildman–Crippen MR) is 123 cm³/mol. The maximum Gasteiger partial charge on any atom is 0.496 e. The van der Waals surface area contributed by atoms with Crippen LogP contribution < -0.4 is 5.46 Å². The summed E-state index contributed by atoms with van der Waals surface area (Å²) < 4.78 is 13.1. The SMILES string of the molecule is CC1(C)OB(c2c(-c3ccccc3)c3ccccc3c3ccccc23)OC1(C)C. The molecule has 4 aromatic rings. The summed E-state index contributed by atoms with van der Waals surface area (Å²) in [6.07, 6.45) is 0. The van der Waals surface area contributed by atoms with Crippen LogP contribution in [0, 0.1) is 0 Å². The van der Waals surface area contributed by atoms with Crippen molar-refractivity contribution in [3.63, 3.8) is 0 Å². The Hall–Kier alpha value is -2.62. The third-order valence-electron chi connectivity index (χ3n) is 6.52. The average molecular weight is 380 g/mol. The second-order valence-corrected chi connectivity index (χ2v) is 8.83. The van der Waals surface area contributed by atoms with Crippen LogP contribution in [0.2, 0.25) is 0 Å². The minimum Gasteiger partial charge on any atom is -0.399 e. The second-order valence-electron chi connectivity index (χ2n) is 8.83. The van der Waals surface area contributed by atoms with Gasteiger partial charge in [-0.1, -0.05) is 78.9 Å². The highest BCUT2D eigenvalue weighted by atomic mass is 16.7. The number of hydrogen-bond donors (Lipinski definition) is 0. The average Bonchev–Trinajstić information content (AvgIpc) is 2.94. The zero-order chi connectivity index (χ0) is 20.2. The van der Waals surface area contributed by atoms with E-state index in [0.29, 0.717) is 0 Å². The standard InChI is InChI=1S/C26H25BO2/c1-25(2)26(3,4)29-27(28-25)24-22-17-11-9-15-20(22)19-14-8-10-16-21(19)23(24)18-12-6-5-7-13-18/h5-17H,1-4H3. The first kappa shape index (κ1) is 18.4. The molecule has 0 saturated carbocycles. The van der Waals surface area contributed by atoms with Crippen LogP contribution in [0.3, 0.4) is 0 Å². The molecule has 0 amide bonds. The van der Waals surface area contributed by atoms with E-state index in [0.717, 1.165) is 5.46 Å². The summed E-state index contributed by atoms with van der Waals surface area (Å²) >= 11 is 0. The Morgan fingerprint density at radius 1 is 0.552 bits per heavy atom. The van der Waals surface area contributed by atoms with E-state index in [2.05, 4.69) is 107 Å². The predicted octanol–water partition coefficient (Wildman–Crippen LogP) is 5.96. The Morgan fingerprint density at radius 2 is 1.00 bits per heavy atom. The molecule has 0 spiro atoms. The van der Waals surface area contributed by atoms with Gasteiger partial charge in [0.2, 0.25) is 0 Å². The van der Waals surface area contributed by atoms with Crippen LogP contribution in [0.5, 0.6) is 0 Å². The Morgan fingerprint density at radius 3 is 1.59 bits per heavy atom. The van der Waals surface area contributed by atoms with Crippen LogP contribution in [0.4, 0.5) is 0 Å². The minimum absolute atomic E-state index is 0.391. The lowest BCUT2D eigenvalue weighted by atomic mass is 9.70. The van der Waals surface area contributed by atoms with Gasteiger partial charge < -0.3 is 9.31 Å². The molecule has 29 heavy (non-hydrogen) atoms. The summed E-state index contributed by atoms with van der Waals surface area (Å²) in [6, 6.07) is 27.8. The smallest absolute Gasteiger partial charge is 0.399 e. The van der Waals surface area contributed by atoms with Gasteiger partial charge in [-0.2, -0.15) is 0 Å². The molecule has 1 aliphatic rings. The van der Waals surface area contributed by atoms with E-state index in [1.54, 1.807) is 0 Å². The number of benzene rings is 4. The number of hydrogen-bond acceptors (Lipinski definition) is 2. The van der Waals surface area contributed by atoms with Crippen molar-refractivity contribution >= 4 is 34.1 Å². The summed E-state index contributed by atoms with van der Waals surface area (Å²) in [5.41, 5.74) is 2.71. The number of rotatable bonds is 2. The molecule has 144 valence electrons. The van der Waals surface area contributed by atoms with Crippen molar-refractivity contribution in [3.05, 3.63) is 78.9 Å². The van der Waals surface area contributed by atoms with Gasteiger partial charge >= 0.3 is 7.12 Å². The first-order chi connectivity index (χ1) is 13.9. The van der Waals surface area contributed by atoms with E-state index in [1.807, 2.05) is 0 Å². The van der Waals surface area contributed by atoms with E-state index >= 15 is 0 Å². The van der Waals surface area contributed by atoms with Crippen LogP contribution in [0.15, 0.2) is 78.9 Å². The molecule has 0 N–H and O–H groups in total. The quantitative estimate of drug-likeness (QED) is 0.316. The van der Waals surface area contributed by atoms with E-state index in [9.17, 15) is 0 Å². The molecule has 1 heterocycles. The van der Waals surface area contributed by atoms with Crippen LogP contribution >= 0.6 is 0 Å². The molecule has 3 heteroatoms. The van der Waals surface area contributed by atoms with Gasteiger partial charge in [-0.25, -0.2) is 0 Å². The maximum absolute atomic E-state index is 6.55. The monoisotopic (exact) mass is 380 g/mol. The topological polar surface area (TPSA) is 18.5 Å². The fraction of sp³-hybridized carbons (Fsp3) is 0.231. The normalized spacial score (nSPS) is 17.9. The zero-order valence-corrected chi connectivity index (χ0v) is 17.4. The molecule has 2 nitrogen and oxygen atoms in total. The molecule has 0 aliphatic carbocycles. The summed E-state index contributed by atoms with van der Waals surface area (Å²) in [7, 11) is -0.426. The molecule has 0 atom stereocenters. The van der Waals surface area contributed by atoms with Crippen molar-refractivity contribution in [2.45, 2.75) is 38.9 Å². The zero-order valence-electron chi connectivity index (χ0n) is 17.4. The first-order valence-electron chi connectivity index (χ1n) is 10.2. The largest absolute Gasteiger partial charge is 0.496 e. The van der Waals surface area contributed by atoms with Crippen LogP contribution in [0.1, 0.15) is 27.7 Å². The van der Waals surface area contributed by atoms with Crippen molar-refractivity contribution in [2.75, 3.05) is 0 Å². The molecule has 1 saturated heterocycles. The van der Waals surface area contributed by atoms with Crippen molar-refractivity contribution in [1.29, 1.82) is 0 Å². The van der Waals surface area contributed by atoms with Gasteiger partial charge in [0, 0.05) is 0 Å². The van der Waals surface area contributed by atoms with Crippen molar-refractivity contribution in [3.8, 4) is 11.1 Å². The molecule has 0 aromatic heterocycles. The Balaban J connectivity index is 1.91.